The van der Waals surface area contributed by atoms with Gasteiger partial charge in [-0.1, -0.05) is 15.9 Å². The topological polar surface area (TPSA) is 43.8 Å². The van der Waals surface area contributed by atoms with E-state index >= 15 is 0 Å². The SMILES string of the molecule is Nc1nc2cc(Br)ccc2n1-c1cc(F)cc(F)c1F. The predicted octanol–water partition coefficient (Wildman–Crippen LogP) is 3.79. The highest BCUT2D eigenvalue weighted by atomic mass is 79.9. The van der Waals surface area contributed by atoms with E-state index in [1.807, 2.05) is 0 Å². The summed E-state index contributed by atoms with van der Waals surface area (Å²) in [4.78, 5) is 4.05. The molecule has 0 aliphatic rings. The first-order valence-corrected chi connectivity index (χ1v) is 6.35. The van der Waals surface area contributed by atoms with Crippen molar-refractivity contribution in [3.63, 3.8) is 0 Å². The number of aromatic nitrogens is 2. The van der Waals surface area contributed by atoms with Crippen LogP contribution in [0.25, 0.3) is 16.7 Å². The van der Waals surface area contributed by atoms with Crippen molar-refractivity contribution >= 4 is 32.9 Å². The Bertz CT molecular complexity index is 829. The van der Waals surface area contributed by atoms with E-state index < -0.39 is 17.5 Å². The van der Waals surface area contributed by atoms with Crippen LogP contribution < -0.4 is 5.73 Å². The van der Waals surface area contributed by atoms with Crippen LogP contribution in [0.4, 0.5) is 19.1 Å². The average Bonchev–Trinajstić information content (AvgIpc) is 2.69. The molecule has 7 heteroatoms. The number of imidazole rings is 1. The maximum atomic E-state index is 13.9. The molecule has 0 aliphatic carbocycles. The molecule has 3 nitrogen and oxygen atoms in total. The number of rotatable bonds is 1. The largest absolute Gasteiger partial charge is 0.369 e. The lowest BCUT2D eigenvalue weighted by molar-refractivity contribution is 0.491. The van der Waals surface area contributed by atoms with Gasteiger partial charge in [0.05, 0.1) is 16.7 Å². The van der Waals surface area contributed by atoms with Gasteiger partial charge in [0.1, 0.15) is 5.82 Å². The van der Waals surface area contributed by atoms with Gasteiger partial charge in [0.15, 0.2) is 11.6 Å². The van der Waals surface area contributed by atoms with Crippen LogP contribution in [0.2, 0.25) is 0 Å². The Labute approximate surface area is 120 Å². The Hall–Kier alpha value is -2.02. The fourth-order valence-corrected chi connectivity index (χ4v) is 2.38. The van der Waals surface area contributed by atoms with Gasteiger partial charge >= 0.3 is 0 Å². The van der Waals surface area contributed by atoms with Crippen LogP contribution in [-0.2, 0) is 0 Å². The molecular weight excluding hydrogens is 335 g/mol. The maximum Gasteiger partial charge on any atom is 0.206 e. The molecule has 0 unspecified atom stereocenters. The molecule has 0 fully saturated rings. The summed E-state index contributed by atoms with van der Waals surface area (Å²) in [5, 5.41) is 0. The number of fused-ring (bicyclic) bond motifs is 1. The average molecular weight is 342 g/mol. The van der Waals surface area contributed by atoms with Crippen molar-refractivity contribution in [3.8, 4) is 5.69 Å². The van der Waals surface area contributed by atoms with Crippen LogP contribution in [0, 0.1) is 17.5 Å². The minimum absolute atomic E-state index is 0.0537. The fourth-order valence-electron chi connectivity index (χ4n) is 2.03. The molecule has 0 saturated carbocycles. The molecule has 3 rings (SSSR count). The molecule has 0 spiro atoms. The number of benzene rings is 2. The van der Waals surface area contributed by atoms with Crippen LogP contribution in [0.3, 0.4) is 0 Å². The Morgan fingerprint density at radius 1 is 1.10 bits per heavy atom. The summed E-state index contributed by atoms with van der Waals surface area (Å²) in [7, 11) is 0. The zero-order valence-electron chi connectivity index (χ0n) is 9.87. The zero-order chi connectivity index (χ0) is 14.4. The van der Waals surface area contributed by atoms with Crippen LogP contribution >= 0.6 is 15.9 Å². The number of hydrogen-bond acceptors (Lipinski definition) is 2. The molecule has 2 N–H and O–H groups in total. The van der Waals surface area contributed by atoms with Gasteiger partial charge in [-0.2, -0.15) is 0 Å². The van der Waals surface area contributed by atoms with Crippen LogP contribution in [-0.4, -0.2) is 9.55 Å². The Morgan fingerprint density at radius 3 is 2.60 bits per heavy atom. The summed E-state index contributed by atoms with van der Waals surface area (Å²) in [6.45, 7) is 0. The van der Waals surface area contributed by atoms with E-state index in [9.17, 15) is 13.2 Å². The number of nitrogens with zero attached hydrogens (tertiary/aromatic N) is 2. The van der Waals surface area contributed by atoms with E-state index in [1.165, 1.54) is 4.57 Å². The lowest BCUT2D eigenvalue weighted by Gasteiger charge is -2.08. The minimum atomic E-state index is -1.28. The Morgan fingerprint density at radius 2 is 1.85 bits per heavy atom. The second-order valence-electron chi connectivity index (χ2n) is 4.16. The van der Waals surface area contributed by atoms with Gasteiger partial charge in [0.2, 0.25) is 5.95 Å². The van der Waals surface area contributed by atoms with E-state index in [2.05, 4.69) is 20.9 Å². The highest BCUT2D eigenvalue weighted by Gasteiger charge is 2.17. The third-order valence-corrected chi connectivity index (χ3v) is 3.35. The van der Waals surface area contributed by atoms with Gasteiger partial charge < -0.3 is 5.73 Å². The highest BCUT2D eigenvalue weighted by molar-refractivity contribution is 9.10. The number of nitrogens with two attached hydrogens (primary N) is 1. The third kappa shape index (κ3) is 1.94. The van der Waals surface area contributed by atoms with E-state index in [-0.39, 0.29) is 11.6 Å². The van der Waals surface area contributed by atoms with E-state index in [1.54, 1.807) is 18.2 Å². The second-order valence-corrected chi connectivity index (χ2v) is 5.07. The number of nitrogen functional groups attached to an aromatic ring is 1. The van der Waals surface area contributed by atoms with Crippen LogP contribution in [0.15, 0.2) is 34.8 Å². The monoisotopic (exact) mass is 341 g/mol. The van der Waals surface area contributed by atoms with E-state index in [0.717, 1.165) is 10.5 Å². The Kier molecular flexibility index (Phi) is 2.93. The lowest BCUT2D eigenvalue weighted by Crippen LogP contribution is -2.05. The summed E-state index contributed by atoms with van der Waals surface area (Å²) < 4.78 is 42.4. The number of anilines is 1. The van der Waals surface area contributed by atoms with Gasteiger partial charge in [0.25, 0.3) is 0 Å². The van der Waals surface area contributed by atoms with E-state index in [0.29, 0.717) is 17.1 Å². The molecule has 0 aliphatic heterocycles. The van der Waals surface area contributed by atoms with Crippen molar-refractivity contribution in [2.75, 3.05) is 5.73 Å². The second kappa shape index (κ2) is 4.52. The molecular formula is C13H7BrF3N3. The number of hydrogen-bond donors (Lipinski definition) is 1. The Balaban J connectivity index is 2.38. The molecule has 1 aromatic heterocycles. The summed E-state index contributed by atoms with van der Waals surface area (Å²) in [6, 6.07) is 6.36. The maximum absolute atomic E-state index is 13.9. The standard InChI is InChI=1S/C13H7BrF3N3/c14-6-1-2-10-9(3-6)19-13(18)20(10)11-5-7(15)4-8(16)12(11)17/h1-5H,(H2,18,19). The normalized spacial score (nSPS) is 11.2. The van der Waals surface area contributed by atoms with Crippen LogP contribution in [0.5, 0.6) is 0 Å². The van der Waals surface area contributed by atoms with Crippen molar-refractivity contribution in [1.82, 2.24) is 9.55 Å². The first-order valence-electron chi connectivity index (χ1n) is 5.56. The van der Waals surface area contributed by atoms with Crippen molar-refractivity contribution < 1.29 is 13.2 Å². The molecule has 0 bridgehead atoms. The molecule has 2 aromatic carbocycles. The van der Waals surface area contributed by atoms with Crippen molar-refractivity contribution in [1.29, 1.82) is 0 Å². The highest BCUT2D eigenvalue weighted by Crippen LogP contribution is 2.28. The molecule has 102 valence electrons. The van der Waals surface area contributed by atoms with Gasteiger partial charge in [-0.05, 0) is 18.2 Å². The third-order valence-electron chi connectivity index (χ3n) is 2.86. The van der Waals surface area contributed by atoms with Gasteiger partial charge in [-0.3, -0.25) is 4.57 Å². The molecule has 0 atom stereocenters. The quantitative estimate of drug-likeness (QED) is 0.684. The van der Waals surface area contributed by atoms with Crippen molar-refractivity contribution in [2.45, 2.75) is 0 Å². The molecule has 20 heavy (non-hydrogen) atoms. The minimum Gasteiger partial charge on any atom is -0.369 e. The van der Waals surface area contributed by atoms with Gasteiger partial charge in [-0.25, -0.2) is 18.2 Å². The lowest BCUT2D eigenvalue weighted by atomic mass is 10.2. The van der Waals surface area contributed by atoms with Crippen LogP contribution in [0.1, 0.15) is 0 Å². The summed E-state index contributed by atoms with van der Waals surface area (Å²) in [6.07, 6.45) is 0. The summed E-state index contributed by atoms with van der Waals surface area (Å²) in [5.41, 5.74) is 6.35. The smallest absolute Gasteiger partial charge is 0.206 e. The molecule has 0 saturated heterocycles. The first-order chi connectivity index (χ1) is 9.47. The zero-order valence-corrected chi connectivity index (χ0v) is 11.5. The molecule has 0 radical (unpaired) electrons. The first kappa shape index (κ1) is 13.0. The fraction of sp³-hybridized carbons (Fsp3) is 0. The summed E-state index contributed by atoms with van der Waals surface area (Å²) >= 11 is 3.28. The molecule has 3 aromatic rings. The summed E-state index contributed by atoms with van der Waals surface area (Å²) in [5.74, 6) is -3.40. The number of halogens is 4. The van der Waals surface area contributed by atoms with Gasteiger partial charge in [0, 0.05) is 16.6 Å². The molecule has 0 amide bonds. The van der Waals surface area contributed by atoms with Gasteiger partial charge in [-0.15, -0.1) is 0 Å². The molecule has 1 heterocycles. The van der Waals surface area contributed by atoms with E-state index in [4.69, 9.17) is 5.73 Å². The predicted molar refractivity (Wildman–Crippen MR) is 73.1 cm³/mol. The van der Waals surface area contributed by atoms with Crippen molar-refractivity contribution in [3.05, 3.63) is 52.3 Å². The van der Waals surface area contributed by atoms with Crippen molar-refractivity contribution in [2.24, 2.45) is 0 Å².